The van der Waals surface area contributed by atoms with Crippen LogP contribution in [0.2, 0.25) is 0 Å². The van der Waals surface area contributed by atoms with Crippen molar-refractivity contribution in [2.75, 3.05) is 14.2 Å². The predicted octanol–water partition coefficient (Wildman–Crippen LogP) is 2.01. The standard InChI is InChI=1S/C15H24N2O3/c1-5-6-12(16)15(18)17-10(2)11-7-8-13(19-3)14(9-11)20-4/h7-10,12H,5-6,16H2,1-4H3,(H,17,18). The van der Waals surface area contributed by atoms with E-state index in [1.54, 1.807) is 14.2 Å². The molecule has 112 valence electrons. The highest BCUT2D eigenvalue weighted by Crippen LogP contribution is 2.29. The first kappa shape index (κ1) is 16.3. The van der Waals surface area contributed by atoms with Gasteiger partial charge >= 0.3 is 0 Å². The van der Waals surface area contributed by atoms with Crippen LogP contribution < -0.4 is 20.5 Å². The van der Waals surface area contributed by atoms with Crippen LogP contribution in [0.15, 0.2) is 18.2 Å². The van der Waals surface area contributed by atoms with E-state index in [9.17, 15) is 4.79 Å². The molecule has 0 heterocycles. The van der Waals surface area contributed by atoms with Crippen LogP contribution in [0.4, 0.5) is 0 Å². The molecule has 5 heteroatoms. The molecule has 3 N–H and O–H groups in total. The average molecular weight is 280 g/mol. The molecule has 1 rings (SSSR count). The summed E-state index contributed by atoms with van der Waals surface area (Å²) < 4.78 is 10.4. The van der Waals surface area contributed by atoms with Crippen LogP contribution in [-0.4, -0.2) is 26.2 Å². The molecule has 0 aliphatic heterocycles. The average Bonchev–Trinajstić information content (AvgIpc) is 2.46. The maximum absolute atomic E-state index is 11.9. The minimum Gasteiger partial charge on any atom is -0.493 e. The summed E-state index contributed by atoms with van der Waals surface area (Å²) in [5, 5.41) is 2.91. The van der Waals surface area contributed by atoms with E-state index >= 15 is 0 Å². The molecule has 20 heavy (non-hydrogen) atoms. The van der Waals surface area contributed by atoms with Crippen molar-refractivity contribution in [2.45, 2.75) is 38.8 Å². The van der Waals surface area contributed by atoms with Crippen LogP contribution in [0, 0.1) is 0 Å². The van der Waals surface area contributed by atoms with Gasteiger partial charge in [-0.05, 0) is 31.0 Å². The van der Waals surface area contributed by atoms with Crippen molar-refractivity contribution in [1.29, 1.82) is 0 Å². The lowest BCUT2D eigenvalue weighted by molar-refractivity contribution is -0.123. The zero-order valence-electron chi connectivity index (χ0n) is 12.6. The second-order valence-electron chi connectivity index (χ2n) is 4.74. The van der Waals surface area contributed by atoms with Gasteiger partial charge in [0, 0.05) is 0 Å². The van der Waals surface area contributed by atoms with Crippen molar-refractivity contribution in [3.05, 3.63) is 23.8 Å². The van der Waals surface area contributed by atoms with Gasteiger partial charge in [0.2, 0.25) is 5.91 Å². The molecule has 0 bridgehead atoms. The fourth-order valence-electron chi connectivity index (χ4n) is 1.97. The summed E-state index contributed by atoms with van der Waals surface area (Å²) in [4.78, 5) is 11.9. The van der Waals surface area contributed by atoms with E-state index in [1.165, 1.54) is 0 Å². The summed E-state index contributed by atoms with van der Waals surface area (Å²) in [7, 11) is 3.18. The lowest BCUT2D eigenvalue weighted by Crippen LogP contribution is -2.41. The molecule has 1 aromatic carbocycles. The first-order chi connectivity index (χ1) is 9.53. The van der Waals surface area contributed by atoms with Crippen molar-refractivity contribution in [3.63, 3.8) is 0 Å². The van der Waals surface area contributed by atoms with E-state index in [4.69, 9.17) is 15.2 Å². The van der Waals surface area contributed by atoms with Gasteiger partial charge in [-0.25, -0.2) is 0 Å². The fraction of sp³-hybridized carbons (Fsp3) is 0.533. The van der Waals surface area contributed by atoms with E-state index in [1.807, 2.05) is 32.0 Å². The Balaban J connectivity index is 2.77. The lowest BCUT2D eigenvalue weighted by atomic mass is 10.1. The second-order valence-corrected chi connectivity index (χ2v) is 4.74. The third-order valence-electron chi connectivity index (χ3n) is 3.20. The highest BCUT2D eigenvalue weighted by molar-refractivity contribution is 5.81. The normalized spacial score (nSPS) is 13.4. The number of amides is 1. The van der Waals surface area contributed by atoms with E-state index in [0.717, 1.165) is 12.0 Å². The quantitative estimate of drug-likeness (QED) is 0.801. The number of benzene rings is 1. The van der Waals surface area contributed by atoms with Crippen LogP contribution >= 0.6 is 0 Å². The molecule has 1 aromatic rings. The maximum Gasteiger partial charge on any atom is 0.237 e. The number of nitrogens with one attached hydrogen (secondary N) is 1. The largest absolute Gasteiger partial charge is 0.493 e. The number of methoxy groups -OCH3 is 2. The van der Waals surface area contributed by atoms with Gasteiger partial charge in [-0.2, -0.15) is 0 Å². The van der Waals surface area contributed by atoms with Crippen molar-refractivity contribution in [1.82, 2.24) is 5.32 Å². The van der Waals surface area contributed by atoms with Crippen LogP contribution in [0.1, 0.15) is 38.3 Å². The number of nitrogens with two attached hydrogens (primary N) is 1. The lowest BCUT2D eigenvalue weighted by Gasteiger charge is -2.19. The fourth-order valence-corrected chi connectivity index (χ4v) is 1.97. The Labute approximate surface area is 120 Å². The summed E-state index contributed by atoms with van der Waals surface area (Å²) in [6, 6.07) is 4.99. The molecule has 0 saturated carbocycles. The first-order valence-corrected chi connectivity index (χ1v) is 6.81. The van der Waals surface area contributed by atoms with Crippen LogP contribution in [0.5, 0.6) is 11.5 Å². The molecule has 0 radical (unpaired) electrons. The monoisotopic (exact) mass is 280 g/mol. The van der Waals surface area contributed by atoms with Gasteiger partial charge in [0.1, 0.15) is 0 Å². The number of ether oxygens (including phenoxy) is 2. The zero-order chi connectivity index (χ0) is 15.1. The van der Waals surface area contributed by atoms with Gasteiger partial charge < -0.3 is 20.5 Å². The topological polar surface area (TPSA) is 73.6 Å². The molecular weight excluding hydrogens is 256 g/mol. The molecule has 0 saturated heterocycles. The maximum atomic E-state index is 11.9. The Hall–Kier alpha value is -1.75. The number of carbonyl (C=O) groups excluding carboxylic acids is 1. The van der Waals surface area contributed by atoms with Crippen molar-refractivity contribution in [3.8, 4) is 11.5 Å². The summed E-state index contributed by atoms with van der Waals surface area (Å²) >= 11 is 0. The summed E-state index contributed by atoms with van der Waals surface area (Å²) in [5.41, 5.74) is 6.74. The van der Waals surface area contributed by atoms with Crippen LogP contribution in [0.3, 0.4) is 0 Å². The molecule has 0 fully saturated rings. The van der Waals surface area contributed by atoms with E-state index in [0.29, 0.717) is 17.9 Å². The number of hydrogen-bond donors (Lipinski definition) is 2. The highest BCUT2D eigenvalue weighted by Gasteiger charge is 2.16. The Morgan fingerprint density at radius 1 is 1.30 bits per heavy atom. The molecule has 0 aliphatic rings. The van der Waals surface area contributed by atoms with E-state index < -0.39 is 6.04 Å². The van der Waals surface area contributed by atoms with Gasteiger partial charge in [0.15, 0.2) is 11.5 Å². The highest BCUT2D eigenvalue weighted by atomic mass is 16.5. The van der Waals surface area contributed by atoms with Crippen molar-refractivity contribution < 1.29 is 14.3 Å². The first-order valence-electron chi connectivity index (χ1n) is 6.81. The van der Waals surface area contributed by atoms with Crippen LogP contribution in [-0.2, 0) is 4.79 Å². The molecule has 1 amide bonds. The van der Waals surface area contributed by atoms with Crippen molar-refractivity contribution in [2.24, 2.45) is 5.73 Å². The van der Waals surface area contributed by atoms with Gasteiger partial charge in [-0.1, -0.05) is 19.4 Å². The van der Waals surface area contributed by atoms with Crippen LogP contribution in [0.25, 0.3) is 0 Å². The molecule has 2 atom stereocenters. The number of rotatable bonds is 7. The molecule has 0 aromatic heterocycles. The second kappa shape index (κ2) is 7.75. The smallest absolute Gasteiger partial charge is 0.237 e. The van der Waals surface area contributed by atoms with Gasteiger partial charge in [0.05, 0.1) is 26.3 Å². The SMILES string of the molecule is CCCC(N)C(=O)NC(C)c1ccc(OC)c(OC)c1. The van der Waals surface area contributed by atoms with E-state index in [2.05, 4.69) is 5.32 Å². The minimum atomic E-state index is -0.456. The molecule has 2 unspecified atom stereocenters. The third-order valence-corrected chi connectivity index (χ3v) is 3.20. The summed E-state index contributed by atoms with van der Waals surface area (Å²) in [6.07, 6.45) is 1.57. The molecule has 0 aliphatic carbocycles. The minimum absolute atomic E-state index is 0.130. The van der Waals surface area contributed by atoms with Gasteiger partial charge in [-0.15, -0.1) is 0 Å². The van der Waals surface area contributed by atoms with E-state index in [-0.39, 0.29) is 11.9 Å². The Morgan fingerprint density at radius 3 is 2.50 bits per heavy atom. The zero-order valence-corrected chi connectivity index (χ0v) is 12.6. The number of hydrogen-bond acceptors (Lipinski definition) is 4. The van der Waals surface area contributed by atoms with Gasteiger partial charge in [-0.3, -0.25) is 4.79 Å². The van der Waals surface area contributed by atoms with Crippen molar-refractivity contribution >= 4 is 5.91 Å². The molecule has 5 nitrogen and oxygen atoms in total. The Kier molecular flexibility index (Phi) is 6.31. The molecule has 0 spiro atoms. The Morgan fingerprint density at radius 2 is 1.95 bits per heavy atom. The summed E-state index contributed by atoms with van der Waals surface area (Å²) in [5.74, 6) is 1.18. The predicted molar refractivity (Wildman–Crippen MR) is 79.0 cm³/mol. The number of carbonyl (C=O) groups is 1. The summed E-state index contributed by atoms with van der Waals surface area (Å²) in [6.45, 7) is 3.92. The third kappa shape index (κ3) is 4.13. The van der Waals surface area contributed by atoms with Gasteiger partial charge in [0.25, 0.3) is 0 Å². The Bertz CT molecular complexity index is 449. The molecular formula is C15H24N2O3.